The number of ether oxygens (including phenoxy) is 1. The van der Waals surface area contributed by atoms with Crippen LogP contribution in [0, 0.1) is 11.8 Å². The summed E-state index contributed by atoms with van der Waals surface area (Å²) in [7, 11) is 0. The predicted molar refractivity (Wildman–Crippen MR) is 141 cm³/mol. The molecule has 0 aromatic rings. The quantitative estimate of drug-likeness (QED) is 0.238. The fourth-order valence-corrected chi connectivity index (χ4v) is 9.73. The summed E-state index contributed by atoms with van der Waals surface area (Å²) in [6, 6.07) is -0.373. The minimum Gasteiger partial charge on any atom is -0.466 e. The number of carbonyl (C=O) groups excluding carboxylic acids is 3. The van der Waals surface area contributed by atoms with Gasteiger partial charge < -0.3 is 19.6 Å². The number of fused-ring (bicyclic) bond motifs is 1. The van der Waals surface area contributed by atoms with Gasteiger partial charge in [-0.15, -0.1) is 18.3 Å². The van der Waals surface area contributed by atoms with E-state index in [1.165, 1.54) is 6.42 Å². The fourth-order valence-electron chi connectivity index (χ4n) is 7.39. The molecule has 3 saturated heterocycles. The molecule has 4 fully saturated rings. The number of aliphatic hydroxyl groups is 1. The summed E-state index contributed by atoms with van der Waals surface area (Å²) >= 11 is 1.72. The molecule has 202 valence electrons. The van der Waals surface area contributed by atoms with Gasteiger partial charge in [0.15, 0.2) is 0 Å². The maximum Gasteiger partial charge on any atom is 0.311 e. The van der Waals surface area contributed by atoms with E-state index < -0.39 is 22.6 Å². The average Bonchev–Trinajstić information content (AvgIpc) is 3.43. The number of hydrogen-bond donors (Lipinski definition) is 1. The molecule has 8 heteroatoms. The second-order valence-electron chi connectivity index (χ2n) is 11.2. The van der Waals surface area contributed by atoms with Crippen molar-refractivity contribution in [2.45, 2.75) is 106 Å². The SMILES string of the molecule is C=CCN(C(=O)C1N(CCCCCCO)C(=O)[C@@H]2[C@H](C(=O)OCC)[C@]3(C)CCC12S3)C1CCCCC1. The Morgan fingerprint density at radius 3 is 2.58 bits per heavy atom. The lowest BCUT2D eigenvalue weighted by atomic mass is 9.66. The van der Waals surface area contributed by atoms with Crippen LogP contribution in [-0.2, 0) is 19.1 Å². The van der Waals surface area contributed by atoms with E-state index in [9.17, 15) is 14.4 Å². The molecule has 1 aliphatic carbocycles. The van der Waals surface area contributed by atoms with Crippen molar-refractivity contribution in [2.24, 2.45) is 11.8 Å². The molecule has 3 heterocycles. The lowest BCUT2D eigenvalue weighted by Crippen LogP contribution is -2.57. The summed E-state index contributed by atoms with van der Waals surface area (Å²) in [6.45, 7) is 9.28. The third kappa shape index (κ3) is 4.72. The van der Waals surface area contributed by atoms with Gasteiger partial charge in [0.05, 0.1) is 23.2 Å². The van der Waals surface area contributed by atoms with Crippen LogP contribution >= 0.6 is 11.8 Å². The number of amides is 2. The van der Waals surface area contributed by atoms with Crippen molar-refractivity contribution in [1.29, 1.82) is 0 Å². The normalized spacial score (nSPS) is 33.6. The van der Waals surface area contributed by atoms with E-state index in [0.29, 0.717) is 13.1 Å². The topological polar surface area (TPSA) is 87.2 Å². The Labute approximate surface area is 220 Å². The van der Waals surface area contributed by atoms with Crippen LogP contribution in [0.3, 0.4) is 0 Å². The van der Waals surface area contributed by atoms with Crippen LogP contribution in [0.2, 0.25) is 0 Å². The summed E-state index contributed by atoms with van der Waals surface area (Å²) in [5.74, 6) is -1.33. The molecular formula is C28H44N2O5S. The molecule has 2 amide bonds. The first kappa shape index (κ1) is 27.5. The van der Waals surface area contributed by atoms with Crippen molar-refractivity contribution < 1.29 is 24.2 Å². The van der Waals surface area contributed by atoms with E-state index in [2.05, 4.69) is 13.5 Å². The van der Waals surface area contributed by atoms with Gasteiger partial charge in [-0.3, -0.25) is 14.4 Å². The summed E-state index contributed by atoms with van der Waals surface area (Å²) in [4.78, 5) is 45.6. The van der Waals surface area contributed by atoms with Crippen molar-refractivity contribution >= 4 is 29.5 Å². The standard InChI is InChI=1S/C28H44N2O5S/c1-4-17-29(20-13-9-8-10-14-20)25(33)23-28-16-15-27(3,36-28)22(26(34)35-5-2)21(28)24(32)30(23)18-11-6-7-12-19-31/h4,20-23,31H,1,5-19H2,2-3H3/t21-,22+,23?,27-,28?/m0/s1. The predicted octanol–water partition coefficient (Wildman–Crippen LogP) is 3.93. The number of likely N-dealkylation sites (tertiary alicyclic amines) is 1. The van der Waals surface area contributed by atoms with Crippen LogP contribution in [0.5, 0.6) is 0 Å². The van der Waals surface area contributed by atoms with Gasteiger partial charge in [-0.05, 0) is 52.4 Å². The molecule has 1 spiro atoms. The largest absolute Gasteiger partial charge is 0.466 e. The number of esters is 1. The first-order valence-corrected chi connectivity index (χ1v) is 14.9. The van der Waals surface area contributed by atoms with Gasteiger partial charge in [-0.2, -0.15) is 0 Å². The summed E-state index contributed by atoms with van der Waals surface area (Å²) in [5, 5.41) is 9.13. The molecule has 36 heavy (non-hydrogen) atoms. The molecule has 3 aliphatic heterocycles. The van der Waals surface area contributed by atoms with Gasteiger partial charge in [0.2, 0.25) is 11.8 Å². The monoisotopic (exact) mass is 520 g/mol. The van der Waals surface area contributed by atoms with Gasteiger partial charge >= 0.3 is 5.97 Å². The minimum atomic E-state index is -0.584. The number of unbranched alkanes of at least 4 members (excludes halogenated alkanes) is 3. The number of carbonyl (C=O) groups is 3. The highest BCUT2D eigenvalue weighted by Crippen LogP contribution is 2.71. The van der Waals surface area contributed by atoms with Crippen LogP contribution in [0.25, 0.3) is 0 Å². The van der Waals surface area contributed by atoms with E-state index >= 15 is 0 Å². The second kappa shape index (κ2) is 11.5. The van der Waals surface area contributed by atoms with Gasteiger partial charge in [0.1, 0.15) is 6.04 Å². The van der Waals surface area contributed by atoms with Crippen LogP contribution in [-0.4, -0.2) is 80.6 Å². The number of thioether (sulfide) groups is 1. The smallest absolute Gasteiger partial charge is 0.311 e. The molecule has 0 radical (unpaired) electrons. The van der Waals surface area contributed by atoms with Gasteiger partial charge in [0.25, 0.3) is 0 Å². The number of aliphatic hydroxyl groups excluding tert-OH is 1. The number of hydrogen-bond acceptors (Lipinski definition) is 6. The van der Waals surface area contributed by atoms with Gasteiger partial charge in [-0.25, -0.2) is 0 Å². The summed E-state index contributed by atoms with van der Waals surface area (Å²) in [6.07, 6.45) is 12.1. The average molecular weight is 521 g/mol. The molecule has 7 nitrogen and oxygen atoms in total. The lowest BCUT2D eigenvalue weighted by molar-refractivity contribution is -0.155. The Morgan fingerprint density at radius 2 is 1.92 bits per heavy atom. The molecule has 2 unspecified atom stereocenters. The van der Waals surface area contributed by atoms with Crippen molar-refractivity contribution in [1.82, 2.24) is 9.80 Å². The van der Waals surface area contributed by atoms with Crippen molar-refractivity contribution in [3.63, 3.8) is 0 Å². The zero-order valence-electron chi connectivity index (χ0n) is 22.1. The Hall–Kier alpha value is -1.54. The van der Waals surface area contributed by atoms with E-state index in [1.54, 1.807) is 24.8 Å². The van der Waals surface area contributed by atoms with Crippen LogP contribution < -0.4 is 0 Å². The molecular weight excluding hydrogens is 476 g/mol. The molecule has 0 aromatic heterocycles. The summed E-state index contributed by atoms with van der Waals surface area (Å²) in [5.41, 5.74) is 0. The van der Waals surface area contributed by atoms with Crippen LogP contribution in [0.15, 0.2) is 12.7 Å². The molecule has 4 aliphatic rings. The second-order valence-corrected chi connectivity index (χ2v) is 13.1. The number of rotatable bonds is 12. The minimum absolute atomic E-state index is 0.0364. The Morgan fingerprint density at radius 1 is 1.19 bits per heavy atom. The molecule has 2 bridgehead atoms. The molecule has 0 aromatic carbocycles. The Bertz CT molecular complexity index is 846. The molecule has 1 N–H and O–H groups in total. The highest BCUT2D eigenvalue weighted by atomic mass is 32.2. The first-order chi connectivity index (χ1) is 17.3. The third-order valence-electron chi connectivity index (χ3n) is 8.98. The lowest BCUT2D eigenvalue weighted by Gasteiger charge is -2.41. The van der Waals surface area contributed by atoms with E-state index in [1.807, 2.05) is 9.80 Å². The number of nitrogens with zero attached hydrogens (tertiary/aromatic N) is 2. The maximum atomic E-state index is 14.5. The third-order valence-corrected chi connectivity index (χ3v) is 11.0. The zero-order chi connectivity index (χ0) is 25.9. The highest BCUT2D eigenvalue weighted by molar-refractivity contribution is 8.02. The van der Waals surface area contributed by atoms with Crippen molar-refractivity contribution in [3.05, 3.63) is 12.7 Å². The Kier molecular flexibility index (Phi) is 8.75. The summed E-state index contributed by atoms with van der Waals surface area (Å²) < 4.78 is 4.51. The van der Waals surface area contributed by atoms with E-state index in [4.69, 9.17) is 9.84 Å². The zero-order valence-corrected chi connectivity index (χ0v) is 22.9. The van der Waals surface area contributed by atoms with Gasteiger partial charge in [0, 0.05) is 30.5 Å². The van der Waals surface area contributed by atoms with Gasteiger partial charge in [-0.1, -0.05) is 38.2 Å². The molecule has 5 atom stereocenters. The molecule has 4 rings (SSSR count). The van der Waals surface area contributed by atoms with Crippen LogP contribution in [0.4, 0.5) is 0 Å². The first-order valence-electron chi connectivity index (χ1n) is 14.0. The van der Waals surface area contributed by atoms with E-state index in [0.717, 1.165) is 64.2 Å². The highest BCUT2D eigenvalue weighted by Gasteiger charge is 2.77. The Balaban J connectivity index is 1.68. The molecule has 1 saturated carbocycles. The van der Waals surface area contributed by atoms with Crippen molar-refractivity contribution in [3.8, 4) is 0 Å². The van der Waals surface area contributed by atoms with Crippen molar-refractivity contribution in [2.75, 3.05) is 26.3 Å². The van der Waals surface area contributed by atoms with E-state index in [-0.39, 0.29) is 41.8 Å². The van der Waals surface area contributed by atoms with Crippen LogP contribution in [0.1, 0.15) is 84.5 Å². The maximum absolute atomic E-state index is 14.5. The fraction of sp³-hybridized carbons (Fsp3) is 0.821.